The van der Waals surface area contributed by atoms with E-state index in [9.17, 15) is 4.79 Å². The lowest BCUT2D eigenvalue weighted by Crippen LogP contribution is -2.13. The van der Waals surface area contributed by atoms with E-state index in [4.69, 9.17) is 4.42 Å². The number of hydrogen-bond acceptors (Lipinski definition) is 6. The lowest BCUT2D eigenvalue weighted by molar-refractivity contribution is 0.0998. The van der Waals surface area contributed by atoms with E-state index in [1.165, 1.54) is 11.0 Å². The molecule has 0 radical (unpaired) electrons. The van der Waals surface area contributed by atoms with Crippen LogP contribution < -0.4 is 5.32 Å². The molecule has 4 aromatic rings. The molecule has 130 valence electrons. The fraction of sp³-hybridized carbons (Fsp3) is 0.111. The highest BCUT2D eigenvalue weighted by atomic mass is 32.2. The van der Waals surface area contributed by atoms with Gasteiger partial charge in [-0.05, 0) is 40.9 Å². The van der Waals surface area contributed by atoms with Gasteiger partial charge in [-0.3, -0.25) is 4.79 Å². The first-order chi connectivity index (χ1) is 12.8. The zero-order chi connectivity index (χ0) is 17.9. The average molecular weight is 365 g/mol. The van der Waals surface area contributed by atoms with Crippen molar-refractivity contribution in [3.8, 4) is 5.69 Å². The van der Waals surface area contributed by atoms with Crippen LogP contribution in [0.25, 0.3) is 16.7 Å². The second-order valence-electron chi connectivity index (χ2n) is 5.60. The highest BCUT2D eigenvalue weighted by Crippen LogP contribution is 2.29. The zero-order valence-electron chi connectivity index (χ0n) is 13.9. The number of carbonyl (C=O) groups excluding carboxylic acids is 1. The predicted molar refractivity (Wildman–Crippen MR) is 101 cm³/mol. The van der Waals surface area contributed by atoms with Crippen molar-refractivity contribution in [2.24, 2.45) is 0 Å². The summed E-state index contributed by atoms with van der Waals surface area (Å²) in [4.78, 5) is 12.8. The number of tetrazole rings is 1. The van der Waals surface area contributed by atoms with Crippen molar-refractivity contribution in [3.63, 3.8) is 0 Å². The summed E-state index contributed by atoms with van der Waals surface area (Å²) < 4.78 is 7.35. The SMILES string of the molecule is CSCc1c(C(=O)Nc2cccc(-n3cnnn3)c2)oc2ccccc12. The van der Waals surface area contributed by atoms with E-state index in [0.29, 0.717) is 22.8 Å². The van der Waals surface area contributed by atoms with Gasteiger partial charge in [0.05, 0.1) is 5.69 Å². The molecule has 0 saturated carbocycles. The Hall–Kier alpha value is -3.13. The van der Waals surface area contributed by atoms with Crippen molar-refractivity contribution < 1.29 is 9.21 Å². The lowest BCUT2D eigenvalue weighted by Gasteiger charge is -2.07. The summed E-state index contributed by atoms with van der Waals surface area (Å²) in [6.45, 7) is 0. The molecule has 0 atom stereocenters. The van der Waals surface area contributed by atoms with Gasteiger partial charge in [-0.15, -0.1) is 5.10 Å². The standard InChI is InChI=1S/C18H15N5O2S/c1-26-10-15-14-7-2-3-8-16(14)25-17(15)18(24)20-12-5-4-6-13(9-12)23-11-19-21-22-23/h2-9,11H,10H2,1H3,(H,20,24). The summed E-state index contributed by atoms with van der Waals surface area (Å²) in [5.41, 5.74) is 3.01. The van der Waals surface area contributed by atoms with Crippen LogP contribution in [-0.4, -0.2) is 32.4 Å². The summed E-state index contributed by atoms with van der Waals surface area (Å²) in [5, 5.41) is 15.0. The van der Waals surface area contributed by atoms with Gasteiger partial charge in [0.2, 0.25) is 0 Å². The van der Waals surface area contributed by atoms with Gasteiger partial charge in [0.1, 0.15) is 11.9 Å². The predicted octanol–water partition coefficient (Wildman–Crippen LogP) is 3.52. The van der Waals surface area contributed by atoms with Gasteiger partial charge in [-0.25, -0.2) is 4.68 Å². The number of hydrogen-bond donors (Lipinski definition) is 1. The summed E-state index contributed by atoms with van der Waals surface area (Å²) in [6, 6.07) is 15.0. The number of rotatable bonds is 5. The average Bonchev–Trinajstić information content (AvgIpc) is 3.31. The Kier molecular flexibility index (Phi) is 4.40. The molecule has 0 bridgehead atoms. The minimum Gasteiger partial charge on any atom is -0.451 e. The van der Waals surface area contributed by atoms with E-state index in [0.717, 1.165) is 16.6 Å². The van der Waals surface area contributed by atoms with Crippen LogP contribution in [0.3, 0.4) is 0 Å². The van der Waals surface area contributed by atoms with Crippen molar-refractivity contribution in [1.82, 2.24) is 20.2 Å². The quantitative estimate of drug-likeness (QED) is 0.582. The van der Waals surface area contributed by atoms with Crippen LogP contribution in [0.1, 0.15) is 16.1 Å². The number of fused-ring (bicyclic) bond motifs is 1. The topological polar surface area (TPSA) is 85.8 Å². The van der Waals surface area contributed by atoms with E-state index >= 15 is 0 Å². The van der Waals surface area contributed by atoms with Gasteiger partial charge < -0.3 is 9.73 Å². The third kappa shape index (κ3) is 3.06. The molecule has 0 unspecified atom stereocenters. The van der Waals surface area contributed by atoms with Crippen molar-refractivity contribution >= 4 is 34.3 Å². The summed E-state index contributed by atoms with van der Waals surface area (Å²) >= 11 is 1.65. The molecule has 0 fully saturated rings. The number of thioether (sulfide) groups is 1. The maximum Gasteiger partial charge on any atom is 0.291 e. The van der Waals surface area contributed by atoms with Crippen LogP contribution in [0.5, 0.6) is 0 Å². The number of carbonyl (C=O) groups is 1. The molecule has 1 amide bonds. The Labute approximate surface area is 153 Å². The first-order valence-corrected chi connectivity index (χ1v) is 9.30. The molecular weight excluding hydrogens is 350 g/mol. The van der Waals surface area contributed by atoms with Crippen LogP contribution in [0.2, 0.25) is 0 Å². The number of nitrogens with one attached hydrogen (secondary N) is 1. The molecular formula is C18H15N5O2S. The van der Waals surface area contributed by atoms with E-state index in [1.54, 1.807) is 17.8 Å². The number of aromatic nitrogens is 4. The van der Waals surface area contributed by atoms with Gasteiger partial charge in [-0.1, -0.05) is 24.3 Å². The molecule has 2 aromatic heterocycles. The molecule has 0 aliphatic rings. The molecule has 0 spiro atoms. The molecule has 2 heterocycles. The first kappa shape index (κ1) is 16.3. The smallest absolute Gasteiger partial charge is 0.291 e. The molecule has 0 saturated heterocycles. The fourth-order valence-corrected chi connectivity index (χ4v) is 3.34. The van der Waals surface area contributed by atoms with E-state index in [2.05, 4.69) is 20.8 Å². The Bertz CT molecular complexity index is 1060. The van der Waals surface area contributed by atoms with Gasteiger partial charge in [0.15, 0.2) is 5.76 Å². The van der Waals surface area contributed by atoms with Gasteiger partial charge in [0, 0.05) is 22.4 Å². The summed E-state index contributed by atoms with van der Waals surface area (Å²) in [5.74, 6) is 0.761. The third-order valence-corrected chi connectivity index (χ3v) is 4.49. The van der Waals surface area contributed by atoms with Crippen molar-refractivity contribution in [2.45, 2.75) is 5.75 Å². The maximum atomic E-state index is 12.8. The largest absolute Gasteiger partial charge is 0.451 e. The lowest BCUT2D eigenvalue weighted by atomic mass is 10.1. The van der Waals surface area contributed by atoms with E-state index < -0.39 is 0 Å². The molecule has 0 aliphatic carbocycles. The molecule has 7 nitrogen and oxygen atoms in total. The van der Waals surface area contributed by atoms with Crippen molar-refractivity contribution in [2.75, 3.05) is 11.6 Å². The van der Waals surface area contributed by atoms with Crippen LogP contribution in [0.15, 0.2) is 59.3 Å². The van der Waals surface area contributed by atoms with E-state index in [-0.39, 0.29) is 5.91 Å². The molecule has 8 heteroatoms. The zero-order valence-corrected chi connectivity index (χ0v) is 14.7. The molecule has 4 rings (SSSR count). The summed E-state index contributed by atoms with van der Waals surface area (Å²) in [6.07, 6.45) is 3.50. The summed E-state index contributed by atoms with van der Waals surface area (Å²) in [7, 11) is 0. The normalized spacial score (nSPS) is 11.0. The van der Waals surface area contributed by atoms with Crippen LogP contribution >= 0.6 is 11.8 Å². The Morgan fingerprint density at radius 1 is 1.23 bits per heavy atom. The number of benzene rings is 2. The van der Waals surface area contributed by atoms with Crippen molar-refractivity contribution in [1.29, 1.82) is 0 Å². The van der Waals surface area contributed by atoms with Crippen LogP contribution in [-0.2, 0) is 5.75 Å². The monoisotopic (exact) mass is 365 g/mol. The van der Waals surface area contributed by atoms with Gasteiger partial charge in [0.25, 0.3) is 5.91 Å². The van der Waals surface area contributed by atoms with Gasteiger partial charge in [-0.2, -0.15) is 11.8 Å². The van der Waals surface area contributed by atoms with Gasteiger partial charge >= 0.3 is 0 Å². The number of para-hydroxylation sites is 1. The second-order valence-corrected chi connectivity index (χ2v) is 6.46. The minimum atomic E-state index is -0.279. The number of furan rings is 1. The number of nitrogens with zero attached hydrogens (tertiary/aromatic N) is 4. The fourth-order valence-electron chi connectivity index (χ4n) is 2.76. The highest BCUT2D eigenvalue weighted by molar-refractivity contribution is 7.97. The van der Waals surface area contributed by atoms with Crippen LogP contribution in [0, 0.1) is 0 Å². The molecule has 2 aromatic carbocycles. The van der Waals surface area contributed by atoms with E-state index in [1.807, 2.05) is 48.7 Å². The maximum absolute atomic E-state index is 12.8. The minimum absolute atomic E-state index is 0.279. The Morgan fingerprint density at radius 3 is 2.92 bits per heavy atom. The molecule has 1 N–H and O–H groups in total. The van der Waals surface area contributed by atoms with Crippen molar-refractivity contribution in [3.05, 3.63) is 66.2 Å². The van der Waals surface area contributed by atoms with Crippen LogP contribution in [0.4, 0.5) is 5.69 Å². The second kappa shape index (κ2) is 7.01. The molecule has 26 heavy (non-hydrogen) atoms. The first-order valence-electron chi connectivity index (χ1n) is 7.90. The Balaban J connectivity index is 1.66. The number of amides is 1. The molecule has 0 aliphatic heterocycles. The Morgan fingerprint density at radius 2 is 2.12 bits per heavy atom. The third-order valence-electron chi connectivity index (χ3n) is 3.91. The highest BCUT2D eigenvalue weighted by Gasteiger charge is 2.20. The number of anilines is 1.